The third-order valence-corrected chi connectivity index (χ3v) is 4.61. The summed E-state index contributed by atoms with van der Waals surface area (Å²) in [5.74, 6) is 2.97. The minimum absolute atomic E-state index is 0. The van der Waals surface area contributed by atoms with E-state index in [-0.39, 0.29) is 24.0 Å². The first-order valence-corrected chi connectivity index (χ1v) is 8.94. The monoisotopic (exact) mass is 446 g/mol. The number of halogens is 1. The number of hydrogen-bond donors (Lipinski definition) is 2. The van der Waals surface area contributed by atoms with Gasteiger partial charge in [-0.2, -0.15) is 11.8 Å². The van der Waals surface area contributed by atoms with Crippen molar-refractivity contribution >= 4 is 47.4 Å². The van der Waals surface area contributed by atoms with E-state index in [1.165, 1.54) is 5.69 Å². The maximum absolute atomic E-state index is 4.31. The Balaban J connectivity index is 0.00000264. The minimum Gasteiger partial charge on any atom is -0.369 e. The van der Waals surface area contributed by atoms with Gasteiger partial charge in [0, 0.05) is 49.9 Å². The van der Waals surface area contributed by atoms with E-state index in [0.717, 1.165) is 43.5 Å². The van der Waals surface area contributed by atoms with Crippen molar-refractivity contribution in [1.82, 2.24) is 10.6 Å². The van der Waals surface area contributed by atoms with Gasteiger partial charge in [-0.3, -0.25) is 4.99 Å². The molecule has 1 unspecified atom stereocenters. The smallest absolute Gasteiger partial charge is 0.191 e. The number of nitrogens with zero attached hydrogens (tertiary/aromatic N) is 2. The van der Waals surface area contributed by atoms with Gasteiger partial charge >= 0.3 is 0 Å². The maximum Gasteiger partial charge on any atom is 0.191 e. The maximum atomic E-state index is 4.31. The lowest BCUT2D eigenvalue weighted by molar-refractivity contribution is 0.652. The second-order valence-electron chi connectivity index (χ2n) is 5.27. The number of guanidine groups is 1. The fraction of sp³-hybridized carbons (Fsp3) is 0.471. The van der Waals surface area contributed by atoms with Crippen LogP contribution in [0.1, 0.15) is 6.42 Å². The fourth-order valence-corrected chi connectivity index (χ4v) is 3.13. The number of benzene rings is 1. The molecular formula is C17H27IN4S. The highest BCUT2D eigenvalue weighted by Gasteiger charge is 2.23. The topological polar surface area (TPSA) is 39.7 Å². The predicted molar refractivity (Wildman–Crippen MR) is 114 cm³/mol. The van der Waals surface area contributed by atoms with Crippen molar-refractivity contribution in [3.63, 3.8) is 0 Å². The molecule has 1 aromatic carbocycles. The standard InChI is InChI=1S/C17H26N4S.HI/c1-3-12-22-13-10-19-17(18-2)20-15-9-11-21(14-15)16-7-5-4-6-8-16;/h3-8,15H,1,9-14H2,2H3,(H2,18,19,20);1H. The molecule has 1 fully saturated rings. The van der Waals surface area contributed by atoms with Crippen LogP contribution in [-0.4, -0.2) is 50.2 Å². The first-order chi connectivity index (χ1) is 10.8. The van der Waals surface area contributed by atoms with E-state index in [9.17, 15) is 0 Å². The van der Waals surface area contributed by atoms with E-state index >= 15 is 0 Å². The molecule has 2 N–H and O–H groups in total. The van der Waals surface area contributed by atoms with E-state index in [0.29, 0.717) is 6.04 Å². The lowest BCUT2D eigenvalue weighted by atomic mass is 10.3. The van der Waals surface area contributed by atoms with Gasteiger partial charge in [0.2, 0.25) is 0 Å². The highest BCUT2D eigenvalue weighted by Crippen LogP contribution is 2.19. The van der Waals surface area contributed by atoms with Crippen LogP contribution in [0.2, 0.25) is 0 Å². The number of thioether (sulfide) groups is 1. The third kappa shape index (κ3) is 7.03. The van der Waals surface area contributed by atoms with E-state index in [4.69, 9.17) is 0 Å². The van der Waals surface area contributed by atoms with Gasteiger partial charge in [0.1, 0.15) is 0 Å². The Kier molecular flexibility index (Phi) is 10.2. The lowest BCUT2D eigenvalue weighted by Gasteiger charge is -2.20. The summed E-state index contributed by atoms with van der Waals surface area (Å²) < 4.78 is 0. The fourth-order valence-electron chi connectivity index (χ4n) is 2.55. The van der Waals surface area contributed by atoms with Crippen LogP contribution < -0.4 is 15.5 Å². The molecule has 0 aliphatic carbocycles. The Morgan fingerprint density at radius 3 is 2.91 bits per heavy atom. The lowest BCUT2D eigenvalue weighted by Crippen LogP contribution is -2.45. The Hall–Kier alpha value is -0.890. The predicted octanol–water partition coefficient (Wildman–Crippen LogP) is 2.97. The molecule has 23 heavy (non-hydrogen) atoms. The summed E-state index contributed by atoms with van der Waals surface area (Å²) >= 11 is 1.87. The average molecular weight is 446 g/mol. The van der Waals surface area contributed by atoms with Gasteiger partial charge in [0.05, 0.1) is 0 Å². The van der Waals surface area contributed by atoms with Crippen LogP contribution in [0, 0.1) is 0 Å². The number of para-hydroxylation sites is 1. The second kappa shape index (κ2) is 11.6. The van der Waals surface area contributed by atoms with Crippen molar-refractivity contribution in [3.8, 4) is 0 Å². The molecule has 0 amide bonds. The van der Waals surface area contributed by atoms with Gasteiger partial charge in [-0.05, 0) is 18.6 Å². The molecule has 2 rings (SSSR count). The van der Waals surface area contributed by atoms with Gasteiger partial charge in [-0.25, -0.2) is 0 Å². The van der Waals surface area contributed by atoms with Crippen molar-refractivity contribution < 1.29 is 0 Å². The molecule has 6 heteroatoms. The largest absolute Gasteiger partial charge is 0.369 e. The summed E-state index contributed by atoms with van der Waals surface area (Å²) in [5.41, 5.74) is 1.30. The number of nitrogens with one attached hydrogen (secondary N) is 2. The van der Waals surface area contributed by atoms with Crippen LogP contribution >= 0.6 is 35.7 Å². The van der Waals surface area contributed by atoms with Gasteiger partial charge in [0.25, 0.3) is 0 Å². The summed E-state index contributed by atoms with van der Waals surface area (Å²) in [6.45, 7) is 6.77. The van der Waals surface area contributed by atoms with E-state index in [1.54, 1.807) is 0 Å². The van der Waals surface area contributed by atoms with Gasteiger partial charge in [-0.1, -0.05) is 24.3 Å². The zero-order valence-corrected chi connectivity index (χ0v) is 16.8. The minimum atomic E-state index is 0. The molecule has 1 saturated heterocycles. The van der Waals surface area contributed by atoms with E-state index < -0.39 is 0 Å². The highest BCUT2D eigenvalue weighted by molar-refractivity contribution is 14.0. The van der Waals surface area contributed by atoms with Crippen LogP contribution in [-0.2, 0) is 0 Å². The molecule has 1 heterocycles. The first-order valence-electron chi connectivity index (χ1n) is 7.79. The number of hydrogen-bond acceptors (Lipinski definition) is 3. The van der Waals surface area contributed by atoms with Crippen LogP contribution in [0.4, 0.5) is 5.69 Å². The molecular weight excluding hydrogens is 419 g/mol. The molecule has 4 nitrogen and oxygen atoms in total. The first kappa shape index (κ1) is 20.2. The summed E-state index contributed by atoms with van der Waals surface area (Å²) in [6, 6.07) is 11.0. The Morgan fingerprint density at radius 2 is 2.22 bits per heavy atom. The molecule has 0 aromatic heterocycles. The number of anilines is 1. The average Bonchev–Trinajstić information content (AvgIpc) is 3.03. The zero-order valence-electron chi connectivity index (χ0n) is 13.7. The Morgan fingerprint density at radius 1 is 1.43 bits per heavy atom. The van der Waals surface area contributed by atoms with Gasteiger partial charge in [0.15, 0.2) is 5.96 Å². The quantitative estimate of drug-likeness (QED) is 0.222. The molecule has 0 saturated carbocycles. The van der Waals surface area contributed by atoms with Crippen molar-refractivity contribution in [2.45, 2.75) is 12.5 Å². The third-order valence-electron chi connectivity index (χ3n) is 3.65. The molecule has 0 radical (unpaired) electrons. The molecule has 1 aliphatic rings. The second-order valence-corrected chi connectivity index (χ2v) is 6.42. The molecule has 0 spiro atoms. The summed E-state index contributed by atoms with van der Waals surface area (Å²) in [4.78, 5) is 6.74. The number of aliphatic imine (C=N–C) groups is 1. The summed E-state index contributed by atoms with van der Waals surface area (Å²) in [7, 11) is 1.83. The number of rotatable bonds is 7. The van der Waals surface area contributed by atoms with Gasteiger partial charge < -0.3 is 15.5 Å². The molecule has 0 bridgehead atoms. The van der Waals surface area contributed by atoms with Crippen LogP contribution in [0.25, 0.3) is 0 Å². The summed E-state index contributed by atoms with van der Waals surface area (Å²) in [5, 5.41) is 6.90. The highest BCUT2D eigenvalue weighted by atomic mass is 127. The van der Waals surface area contributed by atoms with Crippen molar-refractivity contribution in [2.75, 3.05) is 43.1 Å². The van der Waals surface area contributed by atoms with E-state index in [1.807, 2.05) is 24.9 Å². The van der Waals surface area contributed by atoms with Crippen LogP contribution in [0.15, 0.2) is 48.0 Å². The summed E-state index contributed by atoms with van der Waals surface area (Å²) in [6.07, 6.45) is 3.08. The van der Waals surface area contributed by atoms with Crippen molar-refractivity contribution in [1.29, 1.82) is 0 Å². The normalized spacial score (nSPS) is 17.5. The zero-order chi connectivity index (χ0) is 15.6. The SMILES string of the molecule is C=CCSCCNC(=NC)NC1CCN(c2ccccc2)C1.I. The molecule has 1 atom stereocenters. The van der Waals surface area contributed by atoms with Crippen LogP contribution in [0.5, 0.6) is 0 Å². The van der Waals surface area contributed by atoms with Crippen molar-refractivity contribution in [2.24, 2.45) is 4.99 Å². The van der Waals surface area contributed by atoms with Crippen molar-refractivity contribution in [3.05, 3.63) is 43.0 Å². The molecule has 1 aromatic rings. The van der Waals surface area contributed by atoms with E-state index in [2.05, 4.69) is 57.4 Å². The Bertz CT molecular complexity index is 481. The molecule has 128 valence electrons. The molecule has 1 aliphatic heterocycles. The Labute approximate surface area is 161 Å². The van der Waals surface area contributed by atoms with Gasteiger partial charge in [-0.15, -0.1) is 30.6 Å². The van der Waals surface area contributed by atoms with Crippen LogP contribution in [0.3, 0.4) is 0 Å².